The molecule has 0 saturated carbocycles. The van der Waals surface area contributed by atoms with Crippen LogP contribution in [0.2, 0.25) is 0 Å². The van der Waals surface area contributed by atoms with Gasteiger partial charge in [0, 0.05) is 34.1 Å². The number of halogens is 1. The minimum Gasteiger partial charge on any atom is -0.210 e. The van der Waals surface area contributed by atoms with E-state index in [0.717, 1.165) is 6.26 Å². The van der Waals surface area contributed by atoms with Crippen molar-refractivity contribution in [3.63, 3.8) is 0 Å². The van der Waals surface area contributed by atoms with Crippen LogP contribution in [-0.4, -0.2) is 29.6 Å². The molecule has 0 aromatic rings. The maximum Gasteiger partial charge on any atom is 0.331 e. The monoisotopic (exact) mass is 84.0 g/mol. The Hall–Kier alpha value is 0.220. The van der Waals surface area contributed by atoms with Crippen molar-refractivity contribution < 1.29 is 9.47 Å². The summed E-state index contributed by atoms with van der Waals surface area (Å²) in [6.45, 7) is 0. The standard InChI is InChI=1S/CFNO.Na/c2-4-1-3;. The summed E-state index contributed by atoms with van der Waals surface area (Å²) in [5.74, 6) is 0. The van der Waals surface area contributed by atoms with Gasteiger partial charge in [0.25, 0.3) is 0 Å². The molecule has 0 saturated heterocycles. The molecular formula is CFNNaO. The fourth-order valence-electron chi connectivity index (χ4n) is 0. The van der Waals surface area contributed by atoms with Crippen LogP contribution in [0, 0.1) is 11.5 Å². The first-order chi connectivity index (χ1) is 1.91. The molecule has 0 atom stereocenters. The summed E-state index contributed by atoms with van der Waals surface area (Å²) in [6.07, 6.45) is 0.764. The molecular weight excluding hydrogens is 84.0 g/mol. The van der Waals surface area contributed by atoms with Crippen LogP contribution in [0.4, 0.5) is 4.53 Å². The molecule has 0 fully saturated rings. The van der Waals surface area contributed by atoms with E-state index < -0.39 is 0 Å². The summed E-state index contributed by atoms with van der Waals surface area (Å²) >= 11 is 0. The van der Waals surface area contributed by atoms with E-state index in [0.29, 0.717) is 0 Å². The van der Waals surface area contributed by atoms with E-state index in [-0.39, 0.29) is 29.6 Å². The first kappa shape index (κ1) is 8.97. The number of nitrogens with zero attached hydrogens (tertiary/aromatic N) is 1. The van der Waals surface area contributed by atoms with E-state index in [1.54, 1.807) is 0 Å². The van der Waals surface area contributed by atoms with Crippen LogP contribution >= 0.6 is 0 Å². The van der Waals surface area contributed by atoms with Crippen LogP contribution in [0.3, 0.4) is 0 Å². The van der Waals surface area contributed by atoms with Gasteiger partial charge in [0.1, 0.15) is 0 Å². The van der Waals surface area contributed by atoms with Crippen LogP contribution in [-0.2, 0) is 4.94 Å². The van der Waals surface area contributed by atoms with Gasteiger partial charge in [-0.1, -0.05) is 0 Å². The third-order valence-corrected chi connectivity index (χ3v) is 0.0345. The van der Waals surface area contributed by atoms with Gasteiger partial charge in [-0.25, -0.2) is 4.94 Å². The Morgan fingerprint density at radius 1 is 1.80 bits per heavy atom. The molecule has 0 aliphatic rings. The Kier molecular flexibility index (Phi) is 15.9. The zero-order valence-corrected chi connectivity index (χ0v) is 4.73. The molecule has 2 nitrogen and oxygen atoms in total. The normalized spacial score (nSPS) is 3.20. The number of rotatable bonds is 0. The van der Waals surface area contributed by atoms with Crippen molar-refractivity contribution in [2.45, 2.75) is 0 Å². The molecule has 1 radical (unpaired) electrons. The van der Waals surface area contributed by atoms with E-state index >= 15 is 0 Å². The predicted octanol–water partition coefficient (Wildman–Crippen LogP) is -0.0122. The Bertz CT molecular complexity index is 41.4. The van der Waals surface area contributed by atoms with Crippen molar-refractivity contribution in [1.29, 1.82) is 5.26 Å². The van der Waals surface area contributed by atoms with Gasteiger partial charge in [0.15, 0.2) is 0 Å². The SMILES string of the molecule is N#COF.[Na]. The first-order valence-electron chi connectivity index (χ1n) is 0.582. The topological polar surface area (TPSA) is 33.0 Å². The molecule has 0 bridgehead atoms. The molecule has 0 amide bonds. The molecule has 0 aliphatic carbocycles. The van der Waals surface area contributed by atoms with Gasteiger partial charge >= 0.3 is 6.26 Å². The molecule has 5 heavy (non-hydrogen) atoms. The van der Waals surface area contributed by atoms with Gasteiger partial charge in [-0.3, -0.25) is 0 Å². The molecule has 4 heteroatoms. The molecule has 0 unspecified atom stereocenters. The van der Waals surface area contributed by atoms with Gasteiger partial charge in [-0.05, 0) is 0 Å². The van der Waals surface area contributed by atoms with Crippen molar-refractivity contribution in [2.75, 3.05) is 0 Å². The number of hydrogen-bond acceptors (Lipinski definition) is 2. The molecule has 0 aliphatic heterocycles. The zero-order valence-electron chi connectivity index (χ0n) is 2.73. The van der Waals surface area contributed by atoms with E-state index in [2.05, 4.69) is 4.94 Å². The van der Waals surface area contributed by atoms with E-state index in [1.807, 2.05) is 0 Å². The van der Waals surface area contributed by atoms with E-state index in [1.165, 1.54) is 0 Å². The maximum absolute atomic E-state index is 9.86. The molecule has 0 aromatic carbocycles. The van der Waals surface area contributed by atoms with Crippen LogP contribution in [0.1, 0.15) is 0 Å². The quantitative estimate of drug-likeness (QED) is 0.305. The van der Waals surface area contributed by atoms with Crippen LogP contribution in [0.25, 0.3) is 0 Å². The van der Waals surface area contributed by atoms with E-state index in [9.17, 15) is 4.53 Å². The molecule has 0 spiro atoms. The molecule has 0 heterocycles. The number of hydrogen-bond donors (Lipinski definition) is 0. The summed E-state index contributed by atoms with van der Waals surface area (Å²) in [4.78, 5) is 2.35. The van der Waals surface area contributed by atoms with Crippen molar-refractivity contribution in [2.24, 2.45) is 0 Å². The maximum atomic E-state index is 9.86. The van der Waals surface area contributed by atoms with E-state index in [4.69, 9.17) is 5.26 Å². The summed E-state index contributed by atoms with van der Waals surface area (Å²) in [5, 5.41) is 7.03. The Morgan fingerprint density at radius 3 is 2.00 bits per heavy atom. The minimum absolute atomic E-state index is 0. The third-order valence-electron chi connectivity index (χ3n) is 0.0345. The average molecular weight is 84.0 g/mol. The molecule has 0 aromatic heterocycles. The second-order valence-electron chi connectivity index (χ2n) is 0.168. The fourth-order valence-corrected chi connectivity index (χ4v) is 0. The van der Waals surface area contributed by atoms with Crippen LogP contribution < -0.4 is 0 Å². The van der Waals surface area contributed by atoms with Gasteiger partial charge < -0.3 is 0 Å². The largest absolute Gasteiger partial charge is 0.331 e. The fraction of sp³-hybridized carbons (Fsp3) is 0. The Balaban J connectivity index is 0. The predicted molar refractivity (Wildman–Crippen MR) is 13.6 cm³/mol. The summed E-state index contributed by atoms with van der Waals surface area (Å²) in [7, 11) is 0. The first-order valence-corrected chi connectivity index (χ1v) is 0.582. The summed E-state index contributed by atoms with van der Waals surface area (Å²) in [5.41, 5.74) is 0. The summed E-state index contributed by atoms with van der Waals surface area (Å²) in [6, 6.07) is 0. The van der Waals surface area contributed by atoms with Gasteiger partial charge in [0.2, 0.25) is 0 Å². The van der Waals surface area contributed by atoms with Crippen LogP contribution in [0.15, 0.2) is 0 Å². The van der Waals surface area contributed by atoms with Crippen molar-refractivity contribution in [3.8, 4) is 6.26 Å². The minimum atomic E-state index is 0. The smallest absolute Gasteiger partial charge is 0.210 e. The van der Waals surface area contributed by atoms with Gasteiger partial charge in [-0.15, -0.1) is 5.26 Å². The summed E-state index contributed by atoms with van der Waals surface area (Å²) < 4.78 is 9.86. The van der Waals surface area contributed by atoms with Crippen molar-refractivity contribution in [3.05, 3.63) is 0 Å². The number of nitriles is 1. The molecule has 0 rings (SSSR count). The molecule has 23 valence electrons. The van der Waals surface area contributed by atoms with Gasteiger partial charge in [-0.2, -0.15) is 0 Å². The second-order valence-corrected chi connectivity index (χ2v) is 0.168. The van der Waals surface area contributed by atoms with Crippen molar-refractivity contribution >= 4 is 29.6 Å². The Labute approximate surface area is 50.7 Å². The average Bonchev–Trinajstić information content (AvgIpc) is 1.37. The van der Waals surface area contributed by atoms with Crippen LogP contribution in [0.5, 0.6) is 0 Å². The van der Waals surface area contributed by atoms with Crippen molar-refractivity contribution in [1.82, 2.24) is 0 Å². The van der Waals surface area contributed by atoms with Gasteiger partial charge in [0.05, 0.1) is 0 Å². The zero-order chi connectivity index (χ0) is 3.41. The molecule has 0 N–H and O–H groups in total. The second kappa shape index (κ2) is 8.88. The third kappa shape index (κ3) is 14.0. The Morgan fingerprint density at radius 2 is 2.00 bits per heavy atom.